The van der Waals surface area contributed by atoms with Crippen LogP contribution in [0.1, 0.15) is 27.2 Å². The maximum Gasteiger partial charge on any atom is 0.416 e. The van der Waals surface area contributed by atoms with E-state index in [4.69, 9.17) is 5.11 Å². The molecule has 0 bridgehead atoms. The number of alkyl halides is 3. The molecule has 20 heavy (non-hydrogen) atoms. The third kappa shape index (κ3) is 2.98. The van der Waals surface area contributed by atoms with Gasteiger partial charge in [-0.25, -0.2) is 9.78 Å². The molecular weight excluding hydrogens is 273 g/mol. The second-order valence-corrected chi connectivity index (χ2v) is 4.36. The van der Waals surface area contributed by atoms with Crippen LogP contribution in [0.4, 0.5) is 13.2 Å². The van der Waals surface area contributed by atoms with Gasteiger partial charge in [-0.3, -0.25) is 0 Å². The van der Waals surface area contributed by atoms with Gasteiger partial charge in [0, 0.05) is 12.7 Å². The first-order valence-corrected chi connectivity index (χ1v) is 5.69. The molecule has 7 heteroatoms. The van der Waals surface area contributed by atoms with Gasteiger partial charge in [-0.05, 0) is 24.6 Å². The molecule has 1 aromatic heterocycles. The summed E-state index contributed by atoms with van der Waals surface area (Å²) < 4.78 is 40.5. The summed E-state index contributed by atoms with van der Waals surface area (Å²) in [7, 11) is 0. The van der Waals surface area contributed by atoms with Crippen molar-refractivity contribution >= 4 is 5.97 Å². The van der Waals surface area contributed by atoms with Gasteiger partial charge in [0.2, 0.25) is 0 Å². The zero-order valence-corrected chi connectivity index (χ0v) is 10.5. The summed E-state index contributed by atoms with van der Waals surface area (Å²) in [4.78, 5) is 14.7. The fraction of sp³-hybridized carbons (Fsp3) is 0.231. The molecule has 1 heterocycles. The summed E-state index contributed by atoms with van der Waals surface area (Å²) >= 11 is 0. The molecule has 1 aromatic carbocycles. The molecule has 0 saturated carbocycles. The lowest BCUT2D eigenvalue weighted by atomic mass is 10.0. The summed E-state index contributed by atoms with van der Waals surface area (Å²) in [6.07, 6.45) is -1.55. The van der Waals surface area contributed by atoms with Gasteiger partial charge in [-0.15, -0.1) is 0 Å². The Hall–Kier alpha value is -2.31. The Bertz CT molecular complexity index is 647. The average Bonchev–Trinajstić information content (AvgIpc) is 2.73. The Labute approximate surface area is 112 Å². The molecule has 0 unspecified atom stereocenters. The van der Waals surface area contributed by atoms with Crippen LogP contribution in [0.15, 0.2) is 30.7 Å². The molecule has 2 rings (SSSR count). The number of carboxylic acids is 1. The van der Waals surface area contributed by atoms with Crippen molar-refractivity contribution < 1.29 is 23.1 Å². The number of rotatable bonds is 3. The normalized spacial score (nSPS) is 11.6. The van der Waals surface area contributed by atoms with Crippen LogP contribution in [-0.4, -0.2) is 20.6 Å². The van der Waals surface area contributed by atoms with Gasteiger partial charge < -0.3 is 9.67 Å². The first-order chi connectivity index (χ1) is 9.27. The minimum Gasteiger partial charge on any atom is -0.478 e. The molecule has 0 radical (unpaired) electrons. The predicted octanol–water partition coefficient (Wildman–Crippen LogP) is 2.96. The summed E-state index contributed by atoms with van der Waals surface area (Å²) in [6.45, 7) is 1.71. The Morgan fingerprint density at radius 3 is 2.60 bits per heavy atom. The van der Waals surface area contributed by atoms with E-state index in [0.29, 0.717) is 11.8 Å². The van der Waals surface area contributed by atoms with Crippen molar-refractivity contribution in [1.82, 2.24) is 9.55 Å². The van der Waals surface area contributed by atoms with Crippen molar-refractivity contribution in [1.29, 1.82) is 0 Å². The van der Waals surface area contributed by atoms with Gasteiger partial charge in [0.05, 0.1) is 23.1 Å². The zero-order valence-electron chi connectivity index (χ0n) is 10.5. The van der Waals surface area contributed by atoms with Gasteiger partial charge in [0.1, 0.15) is 0 Å². The highest BCUT2D eigenvalue weighted by atomic mass is 19.4. The fourth-order valence-electron chi connectivity index (χ4n) is 1.87. The lowest BCUT2D eigenvalue weighted by Crippen LogP contribution is -2.13. The highest BCUT2D eigenvalue weighted by molar-refractivity contribution is 5.88. The van der Waals surface area contributed by atoms with E-state index in [2.05, 4.69) is 4.98 Å². The summed E-state index contributed by atoms with van der Waals surface area (Å²) in [5.74, 6) is -1.39. The lowest BCUT2D eigenvalue weighted by Gasteiger charge is -2.14. The zero-order chi connectivity index (χ0) is 14.9. The number of halogens is 3. The van der Waals surface area contributed by atoms with Crippen LogP contribution in [0.3, 0.4) is 0 Å². The number of benzene rings is 1. The summed E-state index contributed by atoms with van der Waals surface area (Å²) in [6, 6.07) is 3.00. The second kappa shape index (κ2) is 4.99. The first-order valence-electron chi connectivity index (χ1n) is 5.69. The third-order valence-electron chi connectivity index (χ3n) is 2.78. The standard InChI is InChI=1S/C13H11F3N2O2/c1-8-5-18(7-17-8)6-10-3-2-9(12(19)20)4-11(10)13(14,15)16/h2-5,7H,6H2,1H3,(H,19,20). The summed E-state index contributed by atoms with van der Waals surface area (Å²) in [5, 5.41) is 8.78. The molecule has 106 valence electrons. The molecule has 0 aliphatic heterocycles. The quantitative estimate of drug-likeness (QED) is 0.942. The number of carbonyl (C=O) groups is 1. The maximum atomic E-state index is 13.0. The van der Waals surface area contributed by atoms with Gasteiger partial charge in [-0.1, -0.05) is 6.07 Å². The van der Waals surface area contributed by atoms with E-state index in [1.54, 1.807) is 13.1 Å². The number of carboxylic acid groups (broad SMARTS) is 1. The molecule has 0 atom stereocenters. The maximum absolute atomic E-state index is 13.0. The van der Waals surface area contributed by atoms with Crippen LogP contribution in [0, 0.1) is 6.92 Å². The molecule has 0 amide bonds. The largest absolute Gasteiger partial charge is 0.478 e. The van der Waals surface area contributed by atoms with Crippen molar-refractivity contribution in [2.24, 2.45) is 0 Å². The van der Waals surface area contributed by atoms with Crippen molar-refractivity contribution in [3.63, 3.8) is 0 Å². The van der Waals surface area contributed by atoms with Crippen LogP contribution in [0.25, 0.3) is 0 Å². The second-order valence-electron chi connectivity index (χ2n) is 4.36. The van der Waals surface area contributed by atoms with E-state index < -0.39 is 17.7 Å². The Balaban J connectivity index is 2.44. The van der Waals surface area contributed by atoms with E-state index in [9.17, 15) is 18.0 Å². The molecule has 0 aliphatic rings. The number of aromatic carboxylic acids is 1. The fourth-order valence-corrected chi connectivity index (χ4v) is 1.87. The van der Waals surface area contributed by atoms with Gasteiger partial charge in [0.25, 0.3) is 0 Å². The number of hydrogen-bond donors (Lipinski definition) is 1. The van der Waals surface area contributed by atoms with Crippen LogP contribution >= 0.6 is 0 Å². The van der Waals surface area contributed by atoms with Gasteiger partial charge in [0.15, 0.2) is 0 Å². The smallest absolute Gasteiger partial charge is 0.416 e. The van der Waals surface area contributed by atoms with E-state index in [-0.39, 0.29) is 17.7 Å². The van der Waals surface area contributed by atoms with Gasteiger partial charge >= 0.3 is 12.1 Å². The number of nitrogens with zero attached hydrogens (tertiary/aromatic N) is 2. The van der Waals surface area contributed by atoms with E-state index in [0.717, 1.165) is 6.07 Å². The van der Waals surface area contributed by atoms with Crippen LogP contribution in [0.5, 0.6) is 0 Å². The van der Waals surface area contributed by atoms with Crippen molar-refractivity contribution in [2.45, 2.75) is 19.6 Å². The molecule has 0 saturated heterocycles. The number of aryl methyl sites for hydroxylation is 1. The molecule has 1 N–H and O–H groups in total. The van der Waals surface area contributed by atoms with Crippen molar-refractivity contribution in [3.05, 3.63) is 53.1 Å². The Kier molecular flexibility index (Phi) is 3.52. The summed E-state index contributed by atoms with van der Waals surface area (Å²) in [5.41, 5.74) is -0.632. The highest BCUT2D eigenvalue weighted by Gasteiger charge is 2.34. The molecule has 0 spiro atoms. The molecule has 0 aliphatic carbocycles. The van der Waals surface area contributed by atoms with Crippen molar-refractivity contribution in [2.75, 3.05) is 0 Å². The van der Waals surface area contributed by atoms with E-state index in [1.165, 1.54) is 17.0 Å². The molecular formula is C13H11F3N2O2. The molecule has 2 aromatic rings. The van der Waals surface area contributed by atoms with Crippen LogP contribution in [0.2, 0.25) is 0 Å². The number of imidazole rings is 1. The van der Waals surface area contributed by atoms with Gasteiger partial charge in [-0.2, -0.15) is 13.2 Å². The minimum atomic E-state index is -4.60. The topological polar surface area (TPSA) is 55.1 Å². The first kappa shape index (κ1) is 14.1. The predicted molar refractivity (Wildman–Crippen MR) is 64.5 cm³/mol. The minimum absolute atomic E-state index is 0.0000926. The van der Waals surface area contributed by atoms with E-state index in [1.807, 2.05) is 0 Å². The molecule has 4 nitrogen and oxygen atoms in total. The average molecular weight is 284 g/mol. The Morgan fingerprint density at radius 1 is 1.40 bits per heavy atom. The lowest BCUT2D eigenvalue weighted by molar-refractivity contribution is -0.138. The number of hydrogen-bond acceptors (Lipinski definition) is 2. The SMILES string of the molecule is Cc1cn(Cc2ccc(C(=O)O)cc2C(F)(F)F)cn1. The highest BCUT2D eigenvalue weighted by Crippen LogP contribution is 2.33. The van der Waals surface area contributed by atoms with E-state index >= 15 is 0 Å². The molecule has 0 fully saturated rings. The Morgan fingerprint density at radius 2 is 2.10 bits per heavy atom. The number of aromatic nitrogens is 2. The van der Waals surface area contributed by atoms with Crippen LogP contribution in [-0.2, 0) is 12.7 Å². The van der Waals surface area contributed by atoms with Crippen LogP contribution < -0.4 is 0 Å². The third-order valence-corrected chi connectivity index (χ3v) is 2.78. The monoisotopic (exact) mass is 284 g/mol. The van der Waals surface area contributed by atoms with Crippen molar-refractivity contribution in [3.8, 4) is 0 Å².